The second kappa shape index (κ2) is 7.48. The zero-order valence-corrected chi connectivity index (χ0v) is 14.3. The Morgan fingerprint density at radius 1 is 1.17 bits per heavy atom. The molecule has 6 nitrogen and oxygen atoms in total. The molecule has 0 atom stereocenters. The van der Waals surface area contributed by atoms with Gasteiger partial charge in [-0.1, -0.05) is 18.2 Å². The zero-order valence-electron chi connectivity index (χ0n) is 13.5. The number of hydrogen-bond donors (Lipinski definition) is 1. The minimum atomic E-state index is -3.72. The fourth-order valence-electron chi connectivity index (χ4n) is 2.82. The highest BCUT2D eigenvalue weighted by atomic mass is 32.2. The molecule has 0 spiro atoms. The molecule has 24 heavy (non-hydrogen) atoms. The normalized spacial score (nSPS) is 16.4. The van der Waals surface area contributed by atoms with E-state index in [1.54, 1.807) is 12.1 Å². The highest BCUT2D eigenvalue weighted by molar-refractivity contribution is 7.89. The minimum Gasteiger partial charge on any atom is -0.493 e. The number of fused-ring (bicyclic) bond motifs is 1. The Labute approximate surface area is 142 Å². The third kappa shape index (κ3) is 4.24. The first-order valence-electron chi connectivity index (χ1n) is 8.02. The lowest BCUT2D eigenvalue weighted by molar-refractivity contribution is 0.0358. The van der Waals surface area contributed by atoms with Gasteiger partial charge in [0, 0.05) is 25.0 Å². The lowest BCUT2D eigenvalue weighted by atomic mass is 10.1. The van der Waals surface area contributed by atoms with E-state index >= 15 is 0 Å². The van der Waals surface area contributed by atoms with E-state index in [-0.39, 0.29) is 4.90 Å². The van der Waals surface area contributed by atoms with Crippen molar-refractivity contribution < 1.29 is 17.9 Å². The van der Waals surface area contributed by atoms with Gasteiger partial charge in [0.25, 0.3) is 0 Å². The van der Waals surface area contributed by atoms with Gasteiger partial charge >= 0.3 is 0 Å². The van der Waals surface area contributed by atoms with Crippen LogP contribution in [0.3, 0.4) is 0 Å². The van der Waals surface area contributed by atoms with E-state index in [1.165, 1.54) is 6.07 Å². The van der Waals surface area contributed by atoms with Gasteiger partial charge in [0.1, 0.15) is 5.75 Å². The van der Waals surface area contributed by atoms with Gasteiger partial charge in [-0.3, -0.25) is 4.90 Å². The first-order valence-corrected chi connectivity index (χ1v) is 9.57. The molecule has 0 aromatic heterocycles. The number of nitrogens with two attached hydrogens (primary N) is 1. The van der Waals surface area contributed by atoms with Gasteiger partial charge < -0.3 is 9.47 Å². The summed E-state index contributed by atoms with van der Waals surface area (Å²) in [6.45, 7) is 5.06. The van der Waals surface area contributed by atoms with E-state index in [0.717, 1.165) is 50.0 Å². The molecule has 0 amide bonds. The molecule has 2 N–H and O–H groups in total. The molecule has 7 heteroatoms. The molecule has 3 rings (SSSR count). The van der Waals surface area contributed by atoms with Gasteiger partial charge in [-0.15, -0.1) is 0 Å². The average Bonchev–Trinajstić information content (AvgIpc) is 2.58. The summed E-state index contributed by atoms with van der Waals surface area (Å²) < 4.78 is 34.3. The van der Waals surface area contributed by atoms with Crippen LogP contribution in [-0.4, -0.2) is 52.8 Å². The zero-order chi connectivity index (χ0) is 17.0. The van der Waals surface area contributed by atoms with Crippen molar-refractivity contribution in [3.8, 4) is 5.75 Å². The maximum Gasteiger partial charge on any atom is 0.238 e. The standard InChI is InChI=1S/C17H22N2O4S/c18-24(20,21)15-6-5-14-3-1-4-17(16(14)13-15)23-10-2-7-19-8-11-22-12-9-19/h1,3-6,13H,2,7-12H2,(H2,18,20,21). The Hall–Kier alpha value is -1.67. The van der Waals surface area contributed by atoms with Gasteiger partial charge in [-0.2, -0.15) is 0 Å². The lowest BCUT2D eigenvalue weighted by Crippen LogP contribution is -2.37. The number of ether oxygens (including phenoxy) is 2. The number of sulfonamides is 1. The van der Waals surface area contributed by atoms with E-state index in [2.05, 4.69) is 4.90 Å². The van der Waals surface area contributed by atoms with Gasteiger partial charge in [0.15, 0.2) is 0 Å². The third-order valence-corrected chi connectivity index (χ3v) is 5.03. The summed E-state index contributed by atoms with van der Waals surface area (Å²) in [5.74, 6) is 0.681. The van der Waals surface area contributed by atoms with Gasteiger partial charge in [-0.25, -0.2) is 13.6 Å². The summed E-state index contributed by atoms with van der Waals surface area (Å²) in [5.41, 5.74) is 0. The Kier molecular flexibility index (Phi) is 5.35. The van der Waals surface area contributed by atoms with E-state index in [1.807, 2.05) is 18.2 Å². The summed E-state index contributed by atoms with van der Waals surface area (Å²) in [5, 5.41) is 6.90. The topological polar surface area (TPSA) is 81.9 Å². The van der Waals surface area contributed by atoms with Crippen molar-refractivity contribution in [2.45, 2.75) is 11.3 Å². The van der Waals surface area contributed by atoms with E-state index in [4.69, 9.17) is 14.6 Å². The van der Waals surface area contributed by atoms with Crippen LogP contribution in [0, 0.1) is 0 Å². The van der Waals surface area contributed by atoms with E-state index < -0.39 is 10.0 Å². The number of primary sulfonamides is 1. The van der Waals surface area contributed by atoms with E-state index in [0.29, 0.717) is 12.4 Å². The number of hydrogen-bond acceptors (Lipinski definition) is 5. The predicted molar refractivity (Wildman–Crippen MR) is 92.7 cm³/mol. The molecule has 2 aromatic rings. The average molecular weight is 350 g/mol. The summed E-state index contributed by atoms with van der Waals surface area (Å²) >= 11 is 0. The van der Waals surface area contributed by atoms with Crippen LogP contribution in [0.2, 0.25) is 0 Å². The van der Waals surface area contributed by atoms with Crippen LogP contribution in [0.1, 0.15) is 6.42 Å². The van der Waals surface area contributed by atoms with Crippen molar-refractivity contribution in [1.29, 1.82) is 0 Å². The molecule has 1 heterocycles. The van der Waals surface area contributed by atoms with Gasteiger partial charge in [0.05, 0.1) is 24.7 Å². The van der Waals surface area contributed by atoms with Crippen molar-refractivity contribution in [3.05, 3.63) is 36.4 Å². The molecule has 0 bridgehead atoms. The highest BCUT2D eigenvalue weighted by Gasteiger charge is 2.12. The molecule has 1 aliphatic heterocycles. The van der Waals surface area contributed by atoms with Crippen molar-refractivity contribution in [2.24, 2.45) is 5.14 Å². The molecule has 0 radical (unpaired) electrons. The summed E-state index contributed by atoms with van der Waals surface area (Å²) in [6.07, 6.45) is 0.908. The van der Waals surface area contributed by atoms with Crippen LogP contribution in [-0.2, 0) is 14.8 Å². The summed E-state index contributed by atoms with van der Waals surface area (Å²) in [4.78, 5) is 2.45. The Bertz CT molecular complexity index is 801. The summed E-state index contributed by atoms with van der Waals surface area (Å²) in [7, 11) is -3.72. The largest absolute Gasteiger partial charge is 0.493 e. The predicted octanol–water partition coefficient (Wildman–Crippen LogP) is 1.59. The number of rotatable bonds is 6. The van der Waals surface area contributed by atoms with Gasteiger partial charge in [0.2, 0.25) is 10.0 Å². The molecule has 1 saturated heterocycles. The third-order valence-electron chi connectivity index (χ3n) is 4.12. The molecule has 0 unspecified atom stereocenters. The van der Waals surface area contributed by atoms with Crippen molar-refractivity contribution in [2.75, 3.05) is 39.5 Å². The molecule has 130 valence electrons. The lowest BCUT2D eigenvalue weighted by Gasteiger charge is -2.26. The number of morpholine rings is 1. The molecule has 1 aliphatic rings. The molecule has 2 aromatic carbocycles. The Balaban J connectivity index is 1.67. The van der Waals surface area contributed by atoms with E-state index in [9.17, 15) is 8.42 Å². The molecule has 0 aliphatic carbocycles. The monoisotopic (exact) mass is 350 g/mol. The first kappa shape index (κ1) is 17.2. The maximum absolute atomic E-state index is 11.5. The molecular weight excluding hydrogens is 328 g/mol. The Morgan fingerprint density at radius 3 is 2.71 bits per heavy atom. The first-order chi connectivity index (χ1) is 11.5. The van der Waals surface area contributed by atoms with Crippen LogP contribution in [0.4, 0.5) is 0 Å². The van der Waals surface area contributed by atoms with Crippen LogP contribution in [0.25, 0.3) is 10.8 Å². The molecule has 1 fully saturated rings. The molecular formula is C17H22N2O4S. The number of benzene rings is 2. The van der Waals surface area contributed by atoms with Gasteiger partial charge in [-0.05, 0) is 30.0 Å². The smallest absolute Gasteiger partial charge is 0.238 e. The van der Waals surface area contributed by atoms with Crippen LogP contribution < -0.4 is 9.88 Å². The summed E-state index contributed by atoms with van der Waals surface area (Å²) in [6, 6.07) is 10.5. The Morgan fingerprint density at radius 2 is 1.96 bits per heavy atom. The van der Waals surface area contributed by atoms with Crippen molar-refractivity contribution >= 4 is 20.8 Å². The van der Waals surface area contributed by atoms with Crippen LogP contribution in [0.15, 0.2) is 41.3 Å². The fourth-order valence-corrected chi connectivity index (χ4v) is 3.36. The SMILES string of the molecule is NS(=O)(=O)c1ccc2cccc(OCCCN3CCOCC3)c2c1. The maximum atomic E-state index is 11.5. The fraction of sp³-hybridized carbons (Fsp3) is 0.412. The number of nitrogens with zero attached hydrogens (tertiary/aromatic N) is 1. The second-order valence-corrected chi connectivity index (χ2v) is 7.40. The second-order valence-electron chi connectivity index (χ2n) is 5.84. The van der Waals surface area contributed by atoms with Crippen molar-refractivity contribution in [3.63, 3.8) is 0 Å². The minimum absolute atomic E-state index is 0.0966. The van der Waals surface area contributed by atoms with Crippen LogP contribution in [0.5, 0.6) is 5.75 Å². The van der Waals surface area contributed by atoms with Crippen molar-refractivity contribution in [1.82, 2.24) is 4.90 Å². The van der Waals surface area contributed by atoms with Crippen LogP contribution >= 0.6 is 0 Å². The quantitative estimate of drug-likeness (QED) is 0.800. The highest BCUT2D eigenvalue weighted by Crippen LogP contribution is 2.27. The molecule has 0 saturated carbocycles.